The quantitative estimate of drug-likeness (QED) is 0.576. The summed E-state index contributed by atoms with van der Waals surface area (Å²) >= 11 is 7.52. The van der Waals surface area contributed by atoms with E-state index in [-0.39, 0.29) is 5.56 Å². The molecule has 1 N–H and O–H groups in total. The summed E-state index contributed by atoms with van der Waals surface area (Å²) in [6.45, 7) is 0. The monoisotopic (exact) mass is 380 g/mol. The van der Waals surface area contributed by atoms with E-state index in [1.807, 2.05) is 29.6 Å². The molecule has 0 bridgehead atoms. The van der Waals surface area contributed by atoms with E-state index in [2.05, 4.69) is 15.3 Å². The molecule has 0 saturated carbocycles. The Balaban J connectivity index is 1.76. The average molecular weight is 381 g/mol. The summed E-state index contributed by atoms with van der Waals surface area (Å²) in [5.74, 6) is -0.550. The predicted molar refractivity (Wildman–Crippen MR) is 102 cm³/mol. The first kappa shape index (κ1) is 16.5. The largest absolute Gasteiger partial charge is 0.545 e. The molecular weight excluding hydrogens is 370 g/mol. The smallest absolute Gasteiger partial charge is 0.143 e. The Hall–Kier alpha value is -2.96. The Labute approximate surface area is 157 Å². The zero-order chi connectivity index (χ0) is 18.1. The summed E-state index contributed by atoms with van der Waals surface area (Å²) in [6, 6.07) is 13.9. The lowest BCUT2D eigenvalue weighted by molar-refractivity contribution is -0.255. The van der Waals surface area contributed by atoms with Gasteiger partial charge in [0.1, 0.15) is 17.0 Å². The third-order valence-corrected chi connectivity index (χ3v) is 5.05. The van der Waals surface area contributed by atoms with Crippen molar-refractivity contribution in [3.05, 3.63) is 70.8 Å². The van der Waals surface area contributed by atoms with Crippen LogP contribution in [0.4, 0.5) is 11.5 Å². The van der Waals surface area contributed by atoms with E-state index in [0.29, 0.717) is 10.8 Å². The summed E-state index contributed by atoms with van der Waals surface area (Å²) in [4.78, 5) is 20.4. The van der Waals surface area contributed by atoms with Crippen LogP contribution < -0.4 is 10.4 Å². The number of fused-ring (bicyclic) bond motifs is 1. The van der Waals surface area contributed by atoms with Crippen LogP contribution in [-0.2, 0) is 0 Å². The van der Waals surface area contributed by atoms with E-state index in [4.69, 9.17) is 11.6 Å². The van der Waals surface area contributed by atoms with Gasteiger partial charge in [-0.2, -0.15) is 0 Å². The lowest BCUT2D eigenvalue weighted by Gasteiger charge is -2.09. The van der Waals surface area contributed by atoms with Crippen molar-refractivity contribution in [1.82, 2.24) is 9.97 Å². The lowest BCUT2D eigenvalue weighted by Crippen LogP contribution is -2.21. The molecule has 2 aromatic heterocycles. The SMILES string of the molecule is O=C([O-])c1ccc(Nc2ncnc3scc(-c4ccc(Cl)cc4)c23)cc1. The number of carboxylic acids is 1. The van der Waals surface area contributed by atoms with Crippen LogP contribution in [0.2, 0.25) is 5.02 Å². The van der Waals surface area contributed by atoms with Crippen molar-refractivity contribution in [3.63, 3.8) is 0 Å². The standard InChI is InChI=1S/C19H12ClN3O2S/c20-13-5-1-11(2-6-13)15-9-26-18-16(15)17(21-10-22-18)23-14-7-3-12(4-8-14)19(24)25/h1-10H,(H,24,25)(H,21,22,23)/p-1. The minimum Gasteiger partial charge on any atom is -0.545 e. The number of aromatic carboxylic acids is 1. The molecule has 4 aromatic rings. The maximum atomic E-state index is 10.9. The summed E-state index contributed by atoms with van der Waals surface area (Å²) < 4.78 is 0. The molecule has 5 nitrogen and oxygen atoms in total. The highest BCUT2D eigenvalue weighted by Crippen LogP contribution is 2.37. The second-order valence-corrected chi connectivity index (χ2v) is 6.84. The number of benzene rings is 2. The molecule has 0 atom stereocenters. The van der Waals surface area contributed by atoms with Crippen LogP contribution >= 0.6 is 22.9 Å². The van der Waals surface area contributed by atoms with Crippen LogP contribution in [0.3, 0.4) is 0 Å². The number of aromatic nitrogens is 2. The Morgan fingerprint density at radius 3 is 2.46 bits per heavy atom. The fraction of sp³-hybridized carbons (Fsp3) is 0. The van der Waals surface area contributed by atoms with E-state index >= 15 is 0 Å². The van der Waals surface area contributed by atoms with Crippen molar-refractivity contribution in [3.8, 4) is 11.1 Å². The molecule has 7 heteroatoms. The Kier molecular flexibility index (Phi) is 4.28. The minimum absolute atomic E-state index is 0.126. The van der Waals surface area contributed by atoms with E-state index < -0.39 is 5.97 Å². The molecule has 0 fully saturated rings. The van der Waals surface area contributed by atoms with Gasteiger partial charge in [0.25, 0.3) is 0 Å². The van der Waals surface area contributed by atoms with Gasteiger partial charge in [0, 0.05) is 21.7 Å². The van der Waals surface area contributed by atoms with Crippen molar-refractivity contribution >= 4 is 50.6 Å². The number of thiophene rings is 1. The summed E-state index contributed by atoms with van der Waals surface area (Å²) in [5.41, 5.74) is 2.88. The number of nitrogens with one attached hydrogen (secondary N) is 1. The number of anilines is 2. The van der Waals surface area contributed by atoms with Crippen molar-refractivity contribution in [1.29, 1.82) is 0 Å². The van der Waals surface area contributed by atoms with Gasteiger partial charge in [-0.1, -0.05) is 35.9 Å². The van der Waals surface area contributed by atoms with Crippen molar-refractivity contribution in [2.75, 3.05) is 5.32 Å². The average Bonchev–Trinajstić information content (AvgIpc) is 3.08. The summed E-state index contributed by atoms with van der Waals surface area (Å²) in [5, 5.41) is 17.7. The van der Waals surface area contributed by atoms with Crippen LogP contribution in [0, 0.1) is 0 Å². The van der Waals surface area contributed by atoms with Gasteiger partial charge < -0.3 is 15.2 Å². The minimum atomic E-state index is -1.20. The van der Waals surface area contributed by atoms with Crippen LogP contribution in [0.1, 0.15) is 10.4 Å². The van der Waals surface area contributed by atoms with Crippen molar-refractivity contribution < 1.29 is 9.90 Å². The summed E-state index contributed by atoms with van der Waals surface area (Å²) in [7, 11) is 0. The molecule has 128 valence electrons. The first-order chi connectivity index (χ1) is 12.6. The highest BCUT2D eigenvalue weighted by atomic mass is 35.5. The maximum Gasteiger partial charge on any atom is 0.143 e. The van der Waals surface area contributed by atoms with E-state index in [1.54, 1.807) is 12.1 Å². The topological polar surface area (TPSA) is 77.9 Å². The molecule has 26 heavy (non-hydrogen) atoms. The number of nitrogens with zero attached hydrogens (tertiary/aromatic N) is 2. The van der Waals surface area contributed by atoms with E-state index in [0.717, 1.165) is 27.0 Å². The van der Waals surface area contributed by atoms with Crippen LogP contribution in [-0.4, -0.2) is 15.9 Å². The Morgan fingerprint density at radius 1 is 1.04 bits per heavy atom. The van der Waals surface area contributed by atoms with Gasteiger partial charge in [0.15, 0.2) is 0 Å². The third kappa shape index (κ3) is 3.12. The molecule has 2 heterocycles. The molecule has 0 spiro atoms. The molecule has 0 unspecified atom stereocenters. The Morgan fingerprint density at radius 2 is 1.77 bits per heavy atom. The van der Waals surface area contributed by atoms with Crippen molar-refractivity contribution in [2.45, 2.75) is 0 Å². The highest BCUT2D eigenvalue weighted by Gasteiger charge is 2.13. The van der Waals surface area contributed by atoms with Gasteiger partial charge in [-0.3, -0.25) is 0 Å². The molecule has 2 aromatic carbocycles. The maximum absolute atomic E-state index is 10.9. The van der Waals surface area contributed by atoms with Gasteiger partial charge in [-0.15, -0.1) is 11.3 Å². The normalized spacial score (nSPS) is 10.8. The molecule has 4 rings (SSSR count). The molecule has 0 amide bonds. The van der Waals surface area contributed by atoms with Crippen LogP contribution in [0.25, 0.3) is 21.3 Å². The number of hydrogen-bond donors (Lipinski definition) is 1. The summed E-state index contributed by atoms with van der Waals surface area (Å²) in [6.07, 6.45) is 1.50. The number of carboxylic acid groups (broad SMARTS) is 1. The van der Waals surface area contributed by atoms with E-state index in [9.17, 15) is 9.90 Å². The number of carbonyl (C=O) groups excluding carboxylic acids is 1. The van der Waals surface area contributed by atoms with Gasteiger partial charge in [-0.25, -0.2) is 9.97 Å². The zero-order valence-corrected chi connectivity index (χ0v) is 14.8. The lowest BCUT2D eigenvalue weighted by atomic mass is 10.1. The zero-order valence-electron chi connectivity index (χ0n) is 13.3. The first-order valence-electron chi connectivity index (χ1n) is 7.68. The number of halogens is 1. The number of hydrogen-bond acceptors (Lipinski definition) is 6. The molecular formula is C19H11ClN3O2S-. The Bertz CT molecular complexity index is 1090. The number of rotatable bonds is 4. The van der Waals surface area contributed by atoms with Gasteiger partial charge in [0.05, 0.1) is 11.4 Å². The van der Waals surface area contributed by atoms with Gasteiger partial charge in [-0.05, 0) is 35.4 Å². The highest BCUT2D eigenvalue weighted by molar-refractivity contribution is 7.17. The first-order valence-corrected chi connectivity index (χ1v) is 8.94. The number of carbonyl (C=O) groups is 1. The van der Waals surface area contributed by atoms with Crippen LogP contribution in [0.5, 0.6) is 0 Å². The molecule has 0 aliphatic carbocycles. The predicted octanol–water partition coefficient (Wildman–Crippen LogP) is 4.12. The van der Waals surface area contributed by atoms with Gasteiger partial charge >= 0.3 is 0 Å². The fourth-order valence-electron chi connectivity index (χ4n) is 2.64. The van der Waals surface area contributed by atoms with Crippen LogP contribution in [0.15, 0.2) is 60.2 Å². The van der Waals surface area contributed by atoms with Gasteiger partial charge in [0.2, 0.25) is 0 Å². The molecule has 0 radical (unpaired) electrons. The second-order valence-electron chi connectivity index (χ2n) is 5.55. The molecule has 0 aliphatic heterocycles. The van der Waals surface area contributed by atoms with Crippen molar-refractivity contribution in [2.24, 2.45) is 0 Å². The second kappa shape index (κ2) is 6.74. The fourth-order valence-corrected chi connectivity index (χ4v) is 3.68. The molecule has 0 aliphatic rings. The third-order valence-electron chi connectivity index (χ3n) is 3.91. The van der Waals surface area contributed by atoms with E-state index in [1.165, 1.54) is 29.8 Å². The molecule has 0 saturated heterocycles.